The van der Waals surface area contributed by atoms with Crippen molar-refractivity contribution in [3.05, 3.63) is 230 Å². The summed E-state index contributed by atoms with van der Waals surface area (Å²) in [4.78, 5) is 2.41. The molecular weight excluding hydrogens is 737 g/mol. The van der Waals surface area contributed by atoms with E-state index >= 15 is 0 Å². The van der Waals surface area contributed by atoms with Gasteiger partial charge in [0.25, 0.3) is 0 Å². The number of aryl methyl sites for hydroxylation is 1. The molecule has 12 aromatic rings. The third kappa shape index (κ3) is 5.57. The lowest BCUT2D eigenvalue weighted by Gasteiger charge is -2.28. The molecule has 12 rings (SSSR count). The fourth-order valence-electron chi connectivity index (χ4n) is 9.97. The van der Waals surface area contributed by atoms with Gasteiger partial charge in [-0.1, -0.05) is 175 Å². The van der Waals surface area contributed by atoms with Gasteiger partial charge < -0.3 is 9.47 Å². The molecule has 0 saturated carbocycles. The number of benzene rings is 11. The predicted molar refractivity (Wildman–Crippen MR) is 261 cm³/mol. The van der Waals surface area contributed by atoms with Crippen LogP contribution in [0.15, 0.2) is 224 Å². The van der Waals surface area contributed by atoms with Gasteiger partial charge in [-0.25, -0.2) is 0 Å². The van der Waals surface area contributed by atoms with E-state index < -0.39 is 0 Å². The number of para-hydroxylation sites is 3. The molecular formula is C59H40N2. The maximum Gasteiger partial charge on any atom is 0.0541 e. The van der Waals surface area contributed by atoms with Crippen LogP contribution in [0.1, 0.15) is 5.56 Å². The van der Waals surface area contributed by atoms with Crippen molar-refractivity contribution < 1.29 is 0 Å². The Bertz CT molecular complexity index is 3590. The van der Waals surface area contributed by atoms with Crippen LogP contribution in [0.2, 0.25) is 0 Å². The molecule has 0 aliphatic carbocycles. The largest absolute Gasteiger partial charge is 0.310 e. The van der Waals surface area contributed by atoms with Crippen LogP contribution in [0.4, 0.5) is 17.1 Å². The lowest BCUT2D eigenvalue weighted by Crippen LogP contribution is -2.10. The molecule has 2 nitrogen and oxygen atoms in total. The van der Waals surface area contributed by atoms with E-state index in [2.05, 4.69) is 241 Å². The molecule has 1 aromatic heterocycles. The van der Waals surface area contributed by atoms with E-state index in [1.165, 1.54) is 92.7 Å². The minimum Gasteiger partial charge on any atom is -0.310 e. The Kier molecular flexibility index (Phi) is 8.11. The molecule has 0 spiro atoms. The SMILES string of the molecule is Cc1ccc2c(-c3cccc4ccccc34)c3ccccc3c(-c3ccc(N(c4ccccc4)c4ccc(-n5c6ccccc6c6ccccc65)cc4)c4ccccc34)c2c1. The van der Waals surface area contributed by atoms with Gasteiger partial charge in [-0.2, -0.15) is 0 Å². The summed E-state index contributed by atoms with van der Waals surface area (Å²) in [6.45, 7) is 2.21. The van der Waals surface area contributed by atoms with Gasteiger partial charge in [-0.3, -0.25) is 0 Å². The Hall–Kier alpha value is -7.94. The topological polar surface area (TPSA) is 8.17 Å². The number of hydrogen-bond acceptors (Lipinski definition) is 1. The summed E-state index contributed by atoms with van der Waals surface area (Å²) in [5, 5.41) is 12.5. The van der Waals surface area contributed by atoms with Crippen molar-refractivity contribution in [3.63, 3.8) is 0 Å². The lowest BCUT2D eigenvalue weighted by molar-refractivity contribution is 1.17. The Labute approximate surface area is 354 Å². The lowest BCUT2D eigenvalue weighted by atomic mass is 9.83. The highest BCUT2D eigenvalue weighted by Gasteiger charge is 2.22. The summed E-state index contributed by atoms with van der Waals surface area (Å²) in [6, 6.07) is 82.3. The number of fused-ring (bicyclic) bond motifs is 7. The number of rotatable bonds is 6. The van der Waals surface area contributed by atoms with Crippen molar-refractivity contribution in [1.82, 2.24) is 4.57 Å². The average molecular weight is 777 g/mol. The molecule has 0 aliphatic heterocycles. The first kappa shape index (κ1) is 35.0. The van der Waals surface area contributed by atoms with Crippen molar-refractivity contribution in [2.45, 2.75) is 6.92 Å². The molecule has 0 amide bonds. The zero-order valence-electron chi connectivity index (χ0n) is 33.8. The normalized spacial score (nSPS) is 11.7. The number of anilines is 3. The third-order valence-corrected chi connectivity index (χ3v) is 12.6. The first-order valence-corrected chi connectivity index (χ1v) is 21.1. The van der Waals surface area contributed by atoms with Crippen LogP contribution in [0.3, 0.4) is 0 Å². The van der Waals surface area contributed by atoms with Crippen molar-refractivity contribution in [3.8, 4) is 27.9 Å². The molecule has 0 N–H and O–H groups in total. The fourth-order valence-corrected chi connectivity index (χ4v) is 9.97. The van der Waals surface area contributed by atoms with Crippen LogP contribution >= 0.6 is 0 Å². The van der Waals surface area contributed by atoms with Crippen molar-refractivity contribution in [2.75, 3.05) is 4.90 Å². The fraction of sp³-hybridized carbons (Fsp3) is 0.0169. The van der Waals surface area contributed by atoms with E-state index in [1.807, 2.05) is 0 Å². The van der Waals surface area contributed by atoms with Crippen LogP contribution in [-0.4, -0.2) is 4.57 Å². The van der Waals surface area contributed by atoms with E-state index in [9.17, 15) is 0 Å². The van der Waals surface area contributed by atoms with Crippen LogP contribution in [0.5, 0.6) is 0 Å². The van der Waals surface area contributed by atoms with E-state index in [-0.39, 0.29) is 0 Å². The molecule has 0 radical (unpaired) electrons. The van der Waals surface area contributed by atoms with Crippen molar-refractivity contribution >= 4 is 82.0 Å². The summed E-state index contributed by atoms with van der Waals surface area (Å²) in [5.41, 5.74) is 13.2. The van der Waals surface area contributed by atoms with Gasteiger partial charge in [0.2, 0.25) is 0 Å². The highest BCUT2D eigenvalue weighted by Crippen LogP contribution is 2.49. The van der Waals surface area contributed by atoms with E-state index in [1.54, 1.807) is 0 Å². The Balaban J connectivity index is 1.07. The van der Waals surface area contributed by atoms with Crippen molar-refractivity contribution in [1.29, 1.82) is 0 Å². The van der Waals surface area contributed by atoms with Crippen LogP contribution < -0.4 is 4.90 Å². The molecule has 1 heterocycles. The van der Waals surface area contributed by atoms with Gasteiger partial charge in [-0.05, 0) is 121 Å². The minimum atomic E-state index is 1.10. The van der Waals surface area contributed by atoms with Crippen LogP contribution in [-0.2, 0) is 0 Å². The van der Waals surface area contributed by atoms with Gasteiger partial charge in [0.1, 0.15) is 0 Å². The highest BCUT2D eigenvalue weighted by molar-refractivity contribution is 6.26. The maximum absolute atomic E-state index is 2.41. The van der Waals surface area contributed by atoms with Crippen molar-refractivity contribution in [2.24, 2.45) is 0 Å². The second kappa shape index (κ2) is 14.1. The summed E-state index contributed by atoms with van der Waals surface area (Å²) >= 11 is 0. The Morgan fingerprint density at radius 1 is 0.328 bits per heavy atom. The Morgan fingerprint density at radius 3 is 1.54 bits per heavy atom. The molecule has 11 aromatic carbocycles. The molecule has 0 unspecified atom stereocenters. The van der Waals surface area contributed by atoms with E-state index in [0.29, 0.717) is 0 Å². The summed E-state index contributed by atoms with van der Waals surface area (Å²) in [7, 11) is 0. The predicted octanol–water partition coefficient (Wildman–Crippen LogP) is 16.5. The Morgan fingerprint density at radius 2 is 0.836 bits per heavy atom. The smallest absolute Gasteiger partial charge is 0.0541 e. The zero-order valence-corrected chi connectivity index (χ0v) is 33.8. The molecule has 61 heavy (non-hydrogen) atoms. The minimum absolute atomic E-state index is 1.10. The first-order chi connectivity index (χ1) is 30.2. The molecule has 286 valence electrons. The zero-order chi connectivity index (χ0) is 40.4. The number of aromatic nitrogens is 1. The van der Waals surface area contributed by atoms with Gasteiger partial charge in [0.05, 0.1) is 16.7 Å². The quantitative estimate of drug-likeness (QED) is 0.153. The van der Waals surface area contributed by atoms with Crippen LogP contribution in [0, 0.1) is 6.92 Å². The van der Waals surface area contributed by atoms with Gasteiger partial charge >= 0.3 is 0 Å². The monoisotopic (exact) mass is 776 g/mol. The first-order valence-electron chi connectivity index (χ1n) is 21.1. The van der Waals surface area contributed by atoms with Gasteiger partial charge in [0.15, 0.2) is 0 Å². The molecule has 0 fully saturated rings. The molecule has 0 saturated heterocycles. The van der Waals surface area contributed by atoms with E-state index in [0.717, 1.165) is 22.7 Å². The van der Waals surface area contributed by atoms with Gasteiger partial charge in [0, 0.05) is 33.2 Å². The number of hydrogen-bond donors (Lipinski definition) is 0. The summed E-state index contributed by atoms with van der Waals surface area (Å²) in [6.07, 6.45) is 0. The van der Waals surface area contributed by atoms with E-state index in [4.69, 9.17) is 0 Å². The molecule has 0 atom stereocenters. The molecule has 0 aliphatic rings. The maximum atomic E-state index is 2.41. The highest BCUT2D eigenvalue weighted by atomic mass is 15.1. The molecule has 0 bridgehead atoms. The number of nitrogens with zero attached hydrogens (tertiary/aromatic N) is 2. The average Bonchev–Trinajstić information content (AvgIpc) is 3.66. The second-order valence-electron chi connectivity index (χ2n) is 16.1. The van der Waals surface area contributed by atoms with Crippen LogP contribution in [0.25, 0.3) is 92.8 Å². The molecule has 2 heteroatoms. The third-order valence-electron chi connectivity index (χ3n) is 12.6. The standard InChI is InChI=1S/C59H40N2/c1-39-30-35-53-54(38-39)59(51-26-10-9-25-50(51)58(53)49-27-15-17-40-16-5-6-20-44(40)49)52-36-37-57(46-22-8-7-21-45(46)52)60(41-18-3-2-4-19-41)42-31-33-43(34-32-42)61-55-28-13-11-23-47(55)48-24-12-14-29-56(48)61/h2-38H,1H3. The van der Waals surface area contributed by atoms with Gasteiger partial charge in [-0.15, -0.1) is 0 Å². The second-order valence-corrected chi connectivity index (χ2v) is 16.1. The summed E-state index contributed by atoms with van der Waals surface area (Å²) < 4.78 is 2.38. The summed E-state index contributed by atoms with van der Waals surface area (Å²) in [5.74, 6) is 0.